The van der Waals surface area contributed by atoms with Crippen LogP contribution in [0.15, 0.2) is 33.3 Å². The molecule has 2 rings (SSSR count). The van der Waals surface area contributed by atoms with Crippen molar-refractivity contribution in [3.63, 3.8) is 0 Å². The van der Waals surface area contributed by atoms with E-state index in [0.29, 0.717) is 20.2 Å². The summed E-state index contributed by atoms with van der Waals surface area (Å²) in [7, 11) is 0. The zero-order valence-corrected chi connectivity index (χ0v) is 14.9. The summed E-state index contributed by atoms with van der Waals surface area (Å²) in [6.07, 6.45) is 1.43. The van der Waals surface area contributed by atoms with E-state index in [2.05, 4.69) is 52.5 Å². The number of carbonyl (C=O) groups excluding carboxylic acids is 2. The first-order valence-corrected chi connectivity index (χ1v) is 7.83. The summed E-state index contributed by atoms with van der Waals surface area (Å²) in [5.74, 6) is -0.256. The lowest BCUT2D eigenvalue weighted by molar-refractivity contribution is 0.0965. The summed E-state index contributed by atoms with van der Waals surface area (Å²) in [5, 5.41) is 4.72. The first-order chi connectivity index (χ1) is 10.4. The Labute approximate surface area is 144 Å². The molecule has 0 radical (unpaired) electrons. The SMILES string of the molecule is Cc1ncc(NC(=O)NC(=O)c2c(Br)cccc2Br)nc1C. The molecule has 22 heavy (non-hydrogen) atoms. The smallest absolute Gasteiger partial charge is 0.291 e. The summed E-state index contributed by atoms with van der Waals surface area (Å²) in [4.78, 5) is 32.3. The van der Waals surface area contributed by atoms with Gasteiger partial charge in [0.25, 0.3) is 5.91 Å². The highest BCUT2D eigenvalue weighted by molar-refractivity contribution is 9.11. The van der Waals surface area contributed by atoms with Crippen molar-refractivity contribution in [2.45, 2.75) is 13.8 Å². The van der Waals surface area contributed by atoms with Crippen LogP contribution in [0.1, 0.15) is 21.7 Å². The second-order valence-electron chi connectivity index (χ2n) is 4.43. The number of aryl methyl sites for hydroxylation is 2. The third-order valence-electron chi connectivity index (χ3n) is 2.85. The van der Waals surface area contributed by atoms with Gasteiger partial charge < -0.3 is 0 Å². The number of imide groups is 1. The molecule has 0 aliphatic carbocycles. The molecule has 0 saturated carbocycles. The van der Waals surface area contributed by atoms with Crippen LogP contribution in [0, 0.1) is 13.8 Å². The maximum atomic E-state index is 12.1. The van der Waals surface area contributed by atoms with Crippen LogP contribution in [-0.4, -0.2) is 21.9 Å². The fourth-order valence-electron chi connectivity index (χ4n) is 1.63. The van der Waals surface area contributed by atoms with Gasteiger partial charge in [0.1, 0.15) is 0 Å². The highest BCUT2D eigenvalue weighted by atomic mass is 79.9. The Morgan fingerprint density at radius 2 is 1.73 bits per heavy atom. The number of rotatable bonds is 2. The van der Waals surface area contributed by atoms with Gasteiger partial charge in [0.2, 0.25) is 0 Å². The Hall–Kier alpha value is -1.80. The Balaban J connectivity index is 2.08. The van der Waals surface area contributed by atoms with Gasteiger partial charge in [-0.25, -0.2) is 9.78 Å². The molecule has 6 nitrogen and oxygen atoms in total. The molecule has 8 heteroatoms. The Kier molecular flexibility index (Phi) is 5.25. The van der Waals surface area contributed by atoms with Gasteiger partial charge in [-0.3, -0.25) is 20.4 Å². The van der Waals surface area contributed by atoms with Gasteiger partial charge in [0, 0.05) is 8.95 Å². The molecule has 1 heterocycles. The van der Waals surface area contributed by atoms with E-state index in [9.17, 15) is 9.59 Å². The summed E-state index contributed by atoms with van der Waals surface area (Å²) < 4.78 is 1.16. The number of aromatic nitrogens is 2. The van der Waals surface area contributed by atoms with E-state index in [4.69, 9.17) is 0 Å². The van der Waals surface area contributed by atoms with Gasteiger partial charge in [-0.15, -0.1) is 0 Å². The number of nitrogens with zero attached hydrogens (tertiary/aromatic N) is 2. The average molecular weight is 428 g/mol. The number of hydrogen-bond acceptors (Lipinski definition) is 4. The number of benzene rings is 1. The molecule has 0 saturated heterocycles. The Bertz CT molecular complexity index is 729. The molecular weight excluding hydrogens is 416 g/mol. The van der Waals surface area contributed by atoms with Gasteiger partial charge in [0.05, 0.1) is 23.1 Å². The quantitative estimate of drug-likeness (QED) is 0.767. The van der Waals surface area contributed by atoms with Crippen molar-refractivity contribution in [3.05, 3.63) is 50.3 Å². The number of amides is 3. The zero-order valence-electron chi connectivity index (χ0n) is 11.8. The molecule has 1 aromatic heterocycles. The predicted octanol–water partition coefficient (Wildman–Crippen LogP) is 3.58. The van der Waals surface area contributed by atoms with E-state index in [-0.39, 0.29) is 5.82 Å². The minimum Gasteiger partial charge on any atom is -0.291 e. The number of nitrogens with one attached hydrogen (secondary N) is 2. The molecular formula is C14H12Br2N4O2. The highest BCUT2D eigenvalue weighted by Gasteiger charge is 2.16. The Morgan fingerprint density at radius 1 is 1.09 bits per heavy atom. The van der Waals surface area contributed by atoms with Gasteiger partial charge in [0.15, 0.2) is 5.82 Å². The van der Waals surface area contributed by atoms with Crippen LogP contribution in [0.4, 0.5) is 10.6 Å². The fourth-order valence-corrected chi connectivity index (χ4v) is 2.99. The van der Waals surface area contributed by atoms with Crippen LogP contribution in [0.25, 0.3) is 0 Å². The summed E-state index contributed by atoms with van der Waals surface area (Å²) in [6.45, 7) is 3.61. The van der Waals surface area contributed by atoms with Crippen molar-refractivity contribution >= 4 is 49.6 Å². The molecule has 1 aromatic carbocycles. The normalized spacial score (nSPS) is 10.2. The molecule has 0 unspecified atom stereocenters. The first kappa shape index (κ1) is 16.6. The number of halogens is 2. The second kappa shape index (κ2) is 6.97. The summed E-state index contributed by atoms with van der Waals surface area (Å²) in [6, 6.07) is 4.53. The topological polar surface area (TPSA) is 84.0 Å². The van der Waals surface area contributed by atoms with E-state index in [1.54, 1.807) is 25.1 Å². The average Bonchev–Trinajstić information content (AvgIpc) is 2.42. The zero-order chi connectivity index (χ0) is 16.3. The molecule has 2 N–H and O–H groups in total. The van der Waals surface area contributed by atoms with Crippen LogP contribution in [0.3, 0.4) is 0 Å². The van der Waals surface area contributed by atoms with Gasteiger partial charge in [-0.1, -0.05) is 6.07 Å². The van der Waals surface area contributed by atoms with E-state index in [1.807, 2.05) is 6.92 Å². The third-order valence-corrected chi connectivity index (χ3v) is 4.17. The number of carbonyl (C=O) groups is 2. The number of anilines is 1. The number of hydrogen-bond donors (Lipinski definition) is 2. The first-order valence-electron chi connectivity index (χ1n) is 6.25. The highest BCUT2D eigenvalue weighted by Crippen LogP contribution is 2.24. The summed E-state index contributed by atoms with van der Waals surface area (Å²) >= 11 is 6.55. The second-order valence-corrected chi connectivity index (χ2v) is 6.14. The van der Waals surface area contributed by atoms with E-state index in [0.717, 1.165) is 5.69 Å². The van der Waals surface area contributed by atoms with Crippen molar-refractivity contribution < 1.29 is 9.59 Å². The fraction of sp³-hybridized carbons (Fsp3) is 0.143. The lowest BCUT2D eigenvalue weighted by atomic mass is 10.2. The molecule has 114 valence electrons. The van der Waals surface area contributed by atoms with Crippen LogP contribution in [0.5, 0.6) is 0 Å². The monoisotopic (exact) mass is 426 g/mol. The van der Waals surface area contributed by atoms with Crippen molar-refractivity contribution in [3.8, 4) is 0 Å². The predicted molar refractivity (Wildman–Crippen MR) is 89.8 cm³/mol. The molecule has 0 fully saturated rings. The van der Waals surface area contributed by atoms with E-state index >= 15 is 0 Å². The maximum Gasteiger partial charge on any atom is 0.327 e. The minimum atomic E-state index is -0.676. The molecule has 0 bridgehead atoms. The van der Waals surface area contributed by atoms with E-state index < -0.39 is 11.9 Å². The van der Waals surface area contributed by atoms with Crippen molar-refractivity contribution in [1.82, 2.24) is 15.3 Å². The Morgan fingerprint density at radius 3 is 2.32 bits per heavy atom. The maximum absolute atomic E-state index is 12.1. The van der Waals surface area contributed by atoms with Crippen LogP contribution in [0.2, 0.25) is 0 Å². The standard InChI is InChI=1S/C14H12Br2N4O2/c1-7-8(2)18-11(6-17-7)19-14(22)20-13(21)12-9(15)4-3-5-10(12)16/h3-6H,1-2H3,(H2,18,19,20,21,22). The van der Waals surface area contributed by atoms with Crippen LogP contribution >= 0.6 is 31.9 Å². The minimum absolute atomic E-state index is 0.277. The van der Waals surface area contributed by atoms with Gasteiger partial charge >= 0.3 is 6.03 Å². The molecule has 3 amide bonds. The molecule has 2 aromatic rings. The lowest BCUT2D eigenvalue weighted by Crippen LogP contribution is -2.35. The van der Waals surface area contributed by atoms with Gasteiger partial charge in [-0.2, -0.15) is 0 Å². The van der Waals surface area contributed by atoms with Crippen LogP contribution in [-0.2, 0) is 0 Å². The van der Waals surface area contributed by atoms with E-state index in [1.165, 1.54) is 6.20 Å². The number of urea groups is 1. The van der Waals surface area contributed by atoms with Crippen molar-refractivity contribution in [1.29, 1.82) is 0 Å². The molecule has 0 aliphatic heterocycles. The van der Waals surface area contributed by atoms with Gasteiger partial charge in [-0.05, 0) is 57.8 Å². The lowest BCUT2D eigenvalue weighted by Gasteiger charge is -2.09. The van der Waals surface area contributed by atoms with Crippen molar-refractivity contribution in [2.24, 2.45) is 0 Å². The summed E-state index contributed by atoms with van der Waals surface area (Å²) in [5.41, 5.74) is 1.82. The molecule has 0 atom stereocenters. The molecule has 0 spiro atoms. The largest absolute Gasteiger partial charge is 0.327 e. The third kappa shape index (κ3) is 3.89. The van der Waals surface area contributed by atoms with Crippen LogP contribution < -0.4 is 10.6 Å². The molecule has 0 aliphatic rings. The van der Waals surface area contributed by atoms with Crippen molar-refractivity contribution in [2.75, 3.05) is 5.32 Å².